The van der Waals surface area contributed by atoms with Crippen LogP contribution >= 0.6 is 0 Å². The highest BCUT2D eigenvalue weighted by molar-refractivity contribution is 5.98. The first kappa shape index (κ1) is 23.1. The Bertz CT molecular complexity index is 1500. The molecule has 0 saturated carbocycles. The molecule has 0 amide bonds. The number of aromatic nitrogens is 1. The van der Waals surface area contributed by atoms with Gasteiger partial charge in [-0.2, -0.15) is 0 Å². The predicted molar refractivity (Wildman–Crippen MR) is 144 cm³/mol. The molecule has 0 aliphatic carbocycles. The van der Waals surface area contributed by atoms with E-state index >= 15 is 0 Å². The SMILES string of the molecule is COc1cccc(C#Cc2c(-c3cccc4c(C)c[nH]c34)cc(C)c3c2[C@@H](C)[C@H](O)C(C)(C)N3)c1. The van der Waals surface area contributed by atoms with Crippen LogP contribution in [0.25, 0.3) is 22.0 Å². The second kappa shape index (κ2) is 8.52. The number of aliphatic hydroxyl groups excluding tert-OH is 1. The van der Waals surface area contributed by atoms with E-state index in [1.807, 2.05) is 24.3 Å². The molecule has 0 bridgehead atoms. The summed E-state index contributed by atoms with van der Waals surface area (Å²) in [4.78, 5) is 3.47. The van der Waals surface area contributed by atoms with E-state index in [-0.39, 0.29) is 5.92 Å². The lowest BCUT2D eigenvalue weighted by Crippen LogP contribution is -2.50. The molecule has 0 radical (unpaired) electrons. The highest BCUT2D eigenvalue weighted by Gasteiger charge is 2.40. The minimum Gasteiger partial charge on any atom is -0.497 e. The fourth-order valence-corrected chi connectivity index (χ4v) is 5.35. The zero-order valence-electron chi connectivity index (χ0n) is 21.2. The number of rotatable bonds is 2. The Morgan fingerprint density at radius 2 is 1.74 bits per heavy atom. The number of benzene rings is 3. The van der Waals surface area contributed by atoms with Gasteiger partial charge >= 0.3 is 0 Å². The standard InChI is InChI=1S/C31H32N2O2/c1-18-15-26(25-12-8-11-23-19(2)17-32-29(23)25)24(14-13-21-9-7-10-22(16-21)35-6)27-20(3)30(34)31(4,5)33-28(18)27/h7-12,15-17,20,30,32-34H,1-6H3/t20-,30+/m1/s1. The van der Waals surface area contributed by atoms with Crippen molar-refractivity contribution in [1.29, 1.82) is 0 Å². The molecular weight excluding hydrogens is 432 g/mol. The summed E-state index contributed by atoms with van der Waals surface area (Å²) in [5.74, 6) is 7.58. The number of anilines is 1. The number of aromatic amines is 1. The van der Waals surface area contributed by atoms with Gasteiger partial charge in [0.05, 0.1) is 24.3 Å². The average molecular weight is 465 g/mol. The molecule has 1 aliphatic rings. The number of hydrogen-bond donors (Lipinski definition) is 3. The monoisotopic (exact) mass is 464 g/mol. The van der Waals surface area contributed by atoms with Crippen LogP contribution < -0.4 is 10.1 Å². The molecule has 3 aromatic carbocycles. The number of methoxy groups -OCH3 is 1. The predicted octanol–water partition coefficient (Wildman–Crippen LogP) is 6.53. The van der Waals surface area contributed by atoms with Crippen LogP contribution in [0.4, 0.5) is 5.69 Å². The Morgan fingerprint density at radius 3 is 2.51 bits per heavy atom. The molecule has 0 saturated heterocycles. The zero-order valence-corrected chi connectivity index (χ0v) is 21.2. The number of aliphatic hydroxyl groups is 1. The maximum absolute atomic E-state index is 11.2. The van der Waals surface area contributed by atoms with Gasteiger partial charge in [0.2, 0.25) is 0 Å². The van der Waals surface area contributed by atoms with Gasteiger partial charge in [0.15, 0.2) is 0 Å². The summed E-state index contributed by atoms with van der Waals surface area (Å²) >= 11 is 0. The lowest BCUT2D eigenvalue weighted by atomic mass is 9.75. The number of H-pyrrole nitrogens is 1. The van der Waals surface area contributed by atoms with E-state index in [9.17, 15) is 5.11 Å². The van der Waals surface area contributed by atoms with Crippen molar-refractivity contribution in [2.75, 3.05) is 12.4 Å². The molecule has 0 fully saturated rings. The van der Waals surface area contributed by atoms with Crippen LogP contribution in [0.3, 0.4) is 0 Å². The molecule has 2 atom stereocenters. The number of nitrogens with one attached hydrogen (secondary N) is 2. The zero-order chi connectivity index (χ0) is 24.9. The van der Waals surface area contributed by atoms with Crippen LogP contribution in [0.5, 0.6) is 5.75 Å². The van der Waals surface area contributed by atoms with Gasteiger partial charge in [-0.25, -0.2) is 0 Å². The van der Waals surface area contributed by atoms with Crippen LogP contribution in [0, 0.1) is 25.7 Å². The fraction of sp³-hybridized carbons (Fsp3) is 0.290. The Balaban J connectivity index is 1.81. The minimum atomic E-state index is -0.550. The van der Waals surface area contributed by atoms with Gasteiger partial charge in [-0.1, -0.05) is 43.0 Å². The van der Waals surface area contributed by atoms with E-state index in [2.05, 4.69) is 87.2 Å². The van der Waals surface area contributed by atoms with E-state index in [0.717, 1.165) is 50.3 Å². The molecule has 0 unspecified atom stereocenters. The van der Waals surface area contributed by atoms with Crippen molar-refractivity contribution in [3.8, 4) is 28.7 Å². The topological polar surface area (TPSA) is 57.3 Å². The van der Waals surface area contributed by atoms with Crippen molar-refractivity contribution < 1.29 is 9.84 Å². The summed E-state index contributed by atoms with van der Waals surface area (Å²) < 4.78 is 5.40. The number of fused-ring (bicyclic) bond motifs is 2. The lowest BCUT2D eigenvalue weighted by molar-refractivity contribution is 0.0868. The number of hydrogen-bond acceptors (Lipinski definition) is 3. The largest absolute Gasteiger partial charge is 0.497 e. The van der Waals surface area contributed by atoms with Crippen molar-refractivity contribution in [1.82, 2.24) is 4.98 Å². The van der Waals surface area contributed by atoms with Crippen LogP contribution in [0.2, 0.25) is 0 Å². The van der Waals surface area contributed by atoms with Crippen LogP contribution in [-0.2, 0) is 0 Å². The Kier molecular flexibility index (Phi) is 5.62. The van der Waals surface area contributed by atoms with Gasteiger partial charge in [-0.15, -0.1) is 0 Å². The summed E-state index contributed by atoms with van der Waals surface area (Å²) in [6, 6.07) is 16.4. The molecule has 2 heterocycles. The second-order valence-electron chi connectivity index (χ2n) is 10.2. The maximum Gasteiger partial charge on any atom is 0.120 e. The van der Waals surface area contributed by atoms with E-state index in [4.69, 9.17) is 4.74 Å². The lowest BCUT2D eigenvalue weighted by Gasteiger charge is -2.43. The van der Waals surface area contributed by atoms with Crippen molar-refractivity contribution in [2.24, 2.45) is 0 Å². The van der Waals surface area contributed by atoms with Gasteiger partial charge in [0.25, 0.3) is 0 Å². The molecule has 1 aromatic heterocycles. The summed E-state index contributed by atoms with van der Waals surface area (Å²) in [5.41, 5.74) is 9.19. The molecule has 178 valence electrons. The number of para-hydroxylation sites is 1. The van der Waals surface area contributed by atoms with Crippen molar-refractivity contribution in [3.63, 3.8) is 0 Å². The second-order valence-corrected chi connectivity index (χ2v) is 10.2. The summed E-state index contributed by atoms with van der Waals surface area (Å²) in [6.45, 7) is 10.5. The number of ether oxygens (including phenoxy) is 1. The van der Waals surface area contributed by atoms with Gasteiger partial charge in [0.1, 0.15) is 5.75 Å². The summed E-state index contributed by atoms with van der Waals surface area (Å²) in [5, 5.41) is 16.0. The Labute approximate surface area is 207 Å². The van der Waals surface area contributed by atoms with Gasteiger partial charge in [-0.3, -0.25) is 0 Å². The molecule has 35 heavy (non-hydrogen) atoms. The molecule has 4 nitrogen and oxygen atoms in total. The summed E-state index contributed by atoms with van der Waals surface area (Å²) in [7, 11) is 1.66. The van der Waals surface area contributed by atoms with Crippen molar-refractivity contribution in [2.45, 2.75) is 52.2 Å². The van der Waals surface area contributed by atoms with Crippen LogP contribution in [0.1, 0.15) is 54.5 Å². The van der Waals surface area contributed by atoms with E-state index < -0.39 is 11.6 Å². The molecular formula is C31H32N2O2. The van der Waals surface area contributed by atoms with Crippen molar-refractivity contribution >= 4 is 16.6 Å². The van der Waals surface area contributed by atoms with Gasteiger partial charge in [-0.05, 0) is 68.7 Å². The first-order valence-corrected chi connectivity index (χ1v) is 12.1. The first-order valence-electron chi connectivity index (χ1n) is 12.1. The van der Waals surface area contributed by atoms with Crippen LogP contribution in [-0.4, -0.2) is 28.8 Å². The third-order valence-corrected chi connectivity index (χ3v) is 7.29. The highest BCUT2D eigenvalue weighted by atomic mass is 16.5. The third kappa shape index (κ3) is 3.87. The average Bonchev–Trinajstić information content (AvgIpc) is 3.23. The van der Waals surface area contributed by atoms with Gasteiger partial charge < -0.3 is 20.1 Å². The molecule has 4 heteroatoms. The minimum absolute atomic E-state index is 0.0842. The first-order chi connectivity index (χ1) is 16.7. The third-order valence-electron chi connectivity index (χ3n) is 7.29. The fourth-order valence-electron chi connectivity index (χ4n) is 5.35. The highest BCUT2D eigenvalue weighted by Crippen LogP contribution is 2.46. The quantitative estimate of drug-likeness (QED) is 0.296. The van der Waals surface area contributed by atoms with Gasteiger partial charge in [0, 0.05) is 45.4 Å². The molecule has 3 N–H and O–H groups in total. The molecule has 0 spiro atoms. The Morgan fingerprint density at radius 1 is 0.971 bits per heavy atom. The van der Waals surface area contributed by atoms with E-state index in [1.165, 1.54) is 10.9 Å². The Hall–Kier alpha value is -3.68. The number of aryl methyl sites for hydroxylation is 2. The molecule has 1 aliphatic heterocycles. The normalized spacial score (nSPS) is 18.4. The maximum atomic E-state index is 11.2. The molecule has 5 rings (SSSR count). The van der Waals surface area contributed by atoms with E-state index in [0.29, 0.717) is 0 Å². The van der Waals surface area contributed by atoms with Crippen LogP contribution in [0.15, 0.2) is 54.7 Å². The summed E-state index contributed by atoms with van der Waals surface area (Å²) in [6.07, 6.45) is 1.50. The smallest absolute Gasteiger partial charge is 0.120 e. The van der Waals surface area contributed by atoms with Crippen molar-refractivity contribution in [3.05, 3.63) is 82.5 Å². The van der Waals surface area contributed by atoms with E-state index in [1.54, 1.807) is 7.11 Å². The molecule has 4 aromatic rings.